The standard InChI is InChI=1S/C14H18N2O3S/c1-11-14(7-8-19-11)16(2)20(17,18)10-13-5-3-12(9-15)4-6-13/h3-6,11,14H,7-8,10H2,1-2H3. The lowest BCUT2D eigenvalue weighted by Gasteiger charge is -2.26. The number of sulfonamides is 1. The van der Waals surface area contributed by atoms with Crippen LogP contribution in [-0.2, 0) is 20.5 Å². The quantitative estimate of drug-likeness (QED) is 0.843. The minimum Gasteiger partial charge on any atom is -0.377 e. The minimum absolute atomic E-state index is 0.0571. The van der Waals surface area contributed by atoms with E-state index in [2.05, 4.69) is 0 Å². The Morgan fingerprint density at radius 1 is 1.40 bits per heavy atom. The first-order chi connectivity index (χ1) is 9.44. The van der Waals surface area contributed by atoms with Crippen LogP contribution in [0.5, 0.6) is 0 Å². The highest BCUT2D eigenvalue weighted by Gasteiger charge is 2.34. The molecule has 1 aromatic rings. The van der Waals surface area contributed by atoms with Crippen molar-refractivity contribution < 1.29 is 13.2 Å². The second kappa shape index (κ2) is 5.92. The van der Waals surface area contributed by atoms with Crippen molar-refractivity contribution in [3.8, 4) is 6.07 Å². The predicted molar refractivity (Wildman–Crippen MR) is 75.4 cm³/mol. The van der Waals surface area contributed by atoms with Crippen molar-refractivity contribution in [2.45, 2.75) is 31.2 Å². The summed E-state index contributed by atoms with van der Waals surface area (Å²) < 4.78 is 31.6. The highest BCUT2D eigenvalue weighted by atomic mass is 32.2. The first kappa shape index (κ1) is 15.0. The lowest BCUT2D eigenvalue weighted by Crippen LogP contribution is -2.41. The topological polar surface area (TPSA) is 70.4 Å². The summed E-state index contributed by atoms with van der Waals surface area (Å²) in [4.78, 5) is 0. The predicted octanol–water partition coefficient (Wildman–Crippen LogP) is 1.50. The number of nitriles is 1. The number of nitrogens with zero attached hydrogens (tertiary/aromatic N) is 2. The van der Waals surface area contributed by atoms with Gasteiger partial charge in [-0.3, -0.25) is 0 Å². The second-order valence-corrected chi connectivity index (χ2v) is 7.04. The molecule has 1 aliphatic rings. The maximum Gasteiger partial charge on any atom is 0.218 e. The zero-order chi connectivity index (χ0) is 14.8. The Morgan fingerprint density at radius 3 is 2.55 bits per heavy atom. The lowest BCUT2D eigenvalue weighted by atomic mass is 10.2. The van der Waals surface area contributed by atoms with Gasteiger partial charge in [0.15, 0.2) is 0 Å². The minimum atomic E-state index is -3.38. The number of benzene rings is 1. The van der Waals surface area contributed by atoms with Crippen LogP contribution in [0, 0.1) is 11.3 Å². The van der Waals surface area contributed by atoms with Gasteiger partial charge in [-0.2, -0.15) is 9.57 Å². The molecule has 1 heterocycles. The SMILES string of the molecule is CC1OCCC1N(C)S(=O)(=O)Cc1ccc(C#N)cc1. The molecule has 1 saturated heterocycles. The molecule has 0 amide bonds. The summed E-state index contributed by atoms with van der Waals surface area (Å²) in [5.74, 6) is -0.0571. The lowest BCUT2D eigenvalue weighted by molar-refractivity contribution is 0.102. The summed E-state index contributed by atoms with van der Waals surface area (Å²) in [7, 11) is -1.77. The molecule has 0 N–H and O–H groups in total. The van der Waals surface area contributed by atoms with E-state index in [0.29, 0.717) is 17.7 Å². The molecule has 0 radical (unpaired) electrons. The molecule has 0 saturated carbocycles. The maximum absolute atomic E-state index is 12.4. The summed E-state index contributed by atoms with van der Waals surface area (Å²) in [6.07, 6.45) is 0.653. The molecule has 1 fully saturated rings. The average molecular weight is 294 g/mol. The third-order valence-corrected chi connectivity index (χ3v) is 5.52. The molecule has 20 heavy (non-hydrogen) atoms. The summed E-state index contributed by atoms with van der Waals surface area (Å²) >= 11 is 0. The molecule has 108 valence electrons. The Morgan fingerprint density at radius 2 is 2.05 bits per heavy atom. The van der Waals surface area contributed by atoms with Crippen LogP contribution in [0.2, 0.25) is 0 Å². The van der Waals surface area contributed by atoms with E-state index >= 15 is 0 Å². The summed E-state index contributed by atoms with van der Waals surface area (Å²) in [5.41, 5.74) is 1.21. The highest BCUT2D eigenvalue weighted by molar-refractivity contribution is 7.88. The van der Waals surface area contributed by atoms with Crippen LogP contribution in [0.15, 0.2) is 24.3 Å². The molecule has 2 atom stereocenters. The van der Waals surface area contributed by atoms with Crippen molar-refractivity contribution in [3.05, 3.63) is 35.4 Å². The molecule has 0 spiro atoms. The normalized spacial score (nSPS) is 22.9. The number of likely N-dealkylation sites (N-methyl/N-ethyl adjacent to an activating group) is 1. The second-order valence-electron chi connectivity index (χ2n) is 5.01. The van der Waals surface area contributed by atoms with Gasteiger partial charge in [0, 0.05) is 13.7 Å². The van der Waals surface area contributed by atoms with Crippen LogP contribution < -0.4 is 0 Å². The molecule has 5 nitrogen and oxygen atoms in total. The van der Waals surface area contributed by atoms with Gasteiger partial charge < -0.3 is 4.74 Å². The van der Waals surface area contributed by atoms with E-state index in [1.807, 2.05) is 13.0 Å². The third kappa shape index (κ3) is 3.18. The van der Waals surface area contributed by atoms with Crippen LogP contribution in [0.1, 0.15) is 24.5 Å². The Labute approximate surface area is 119 Å². The van der Waals surface area contributed by atoms with Crippen molar-refractivity contribution in [2.75, 3.05) is 13.7 Å². The monoisotopic (exact) mass is 294 g/mol. The van der Waals surface area contributed by atoms with E-state index in [9.17, 15) is 8.42 Å². The van der Waals surface area contributed by atoms with Crippen LogP contribution in [0.3, 0.4) is 0 Å². The highest BCUT2D eigenvalue weighted by Crippen LogP contribution is 2.22. The van der Waals surface area contributed by atoms with Crippen molar-refractivity contribution >= 4 is 10.0 Å². The van der Waals surface area contributed by atoms with Gasteiger partial charge in [-0.15, -0.1) is 0 Å². The molecule has 6 heteroatoms. The number of ether oxygens (including phenoxy) is 1. The van der Waals surface area contributed by atoms with Crippen LogP contribution in [-0.4, -0.2) is 38.5 Å². The summed E-state index contributed by atoms with van der Waals surface area (Å²) in [5, 5.41) is 8.73. The smallest absolute Gasteiger partial charge is 0.218 e. The van der Waals surface area contributed by atoms with Crippen molar-refractivity contribution in [2.24, 2.45) is 0 Å². The Bertz CT molecular complexity index is 604. The van der Waals surface area contributed by atoms with Gasteiger partial charge in [0.05, 0.1) is 29.5 Å². The van der Waals surface area contributed by atoms with E-state index in [-0.39, 0.29) is 17.9 Å². The zero-order valence-corrected chi connectivity index (χ0v) is 12.4. The third-order valence-electron chi connectivity index (χ3n) is 3.67. The maximum atomic E-state index is 12.4. The molecule has 2 unspecified atom stereocenters. The largest absolute Gasteiger partial charge is 0.377 e. The summed E-state index contributed by atoms with van der Waals surface area (Å²) in [6, 6.07) is 8.54. The molecule has 1 aliphatic heterocycles. The van der Waals surface area contributed by atoms with Crippen LogP contribution in [0.25, 0.3) is 0 Å². The molecule has 0 aliphatic carbocycles. The van der Waals surface area contributed by atoms with Gasteiger partial charge in [-0.05, 0) is 31.0 Å². The van der Waals surface area contributed by atoms with Crippen molar-refractivity contribution in [1.82, 2.24) is 4.31 Å². The Kier molecular flexibility index (Phi) is 4.43. The van der Waals surface area contributed by atoms with Crippen LogP contribution in [0.4, 0.5) is 0 Å². The molecular weight excluding hydrogens is 276 g/mol. The molecule has 1 aromatic carbocycles. The van der Waals surface area contributed by atoms with Crippen molar-refractivity contribution in [1.29, 1.82) is 5.26 Å². The molecule has 2 rings (SSSR count). The van der Waals surface area contributed by atoms with Gasteiger partial charge in [-0.1, -0.05) is 12.1 Å². The first-order valence-corrected chi connectivity index (χ1v) is 8.11. The van der Waals surface area contributed by atoms with E-state index in [1.54, 1.807) is 31.3 Å². The van der Waals surface area contributed by atoms with E-state index in [0.717, 1.165) is 6.42 Å². The zero-order valence-electron chi connectivity index (χ0n) is 11.6. The number of rotatable bonds is 4. The van der Waals surface area contributed by atoms with E-state index in [1.165, 1.54) is 4.31 Å². The Balaban J connectivity index is 2.12. The van der Waals surface area contributed by atoms with Gasteiger partial charge in [0.2, 0.25) is 10.0 Å². The molecule has 0 bridgehead atoms. The molecular formula is C14H18N2O3S. The van der Waals surface area contributed by atoms with Crippen molar-refractivity contribution in [3.63, 3.8) is 0 Å². The number of hydrogen-bond donors (Lipinski definition) is 0. The fourth-order valence-corrected chi connectivity index (χ4v) is 3.90. The molecule has 0 aromatic heterocycles. The van der Waals surface area contributed by atoms with Crippen LogP contribution >= 0.6 is 0 Å². The average Bonchev–Trinajstić information content (AvgIpc) is 2.84. The fourth-order valence-electron chi connectivity index (χ4n) is 2.39. The van der Waals surface area contributed by atoms with E-state index in [4.69, 9.17) is 10.00 Å². The fraction of sp³-hybridized carbons (Fsp3) is 0.500. The van der Waals surface area contributed by atoms with Gasteiger partial charge in [0.25, 0.3) is 0 Å². The first-order valence-electron chi connectivity index (χ1n) is 6.50. The summed E-state index contributed by atoms with van der Waals surface area (Å²) in [6.45, 7) is 2.49. The number of hydrogen-bond acceptors (Lipinski definition) is 4. The van der Waals surface area contributed by atoms with Gasteiger partial charge >= 0.3 is 0 Å². The Hall–Kier alpha value is -1.42. The van der Waals surface area contributed by atoms with Gasteiger partial charge in [0.1, 0.15) is 0 Å². The van der Waals surface area contributed by atoms with E-state index < -0.39 is 10.0 Å². The van der Waals surface area contributed by atoms with Gasteiger partial charge in [-0.25, -0.2) is 8.42 Å².